The molecule has 2 aromatic heterocycles. The van der Waals surface area contributed by atoms with Crippen molar-refractivity contribution in [1.29, 1.82) is 0 Å². The Labute approximate surface area is 404 Å². The standard InChI is InChI=1S/C66H46N2S/c1-5-22-47(23-6-1)49-26-19-31-54(46-49)69(51-27-9-3-10-28-51,52-29-11-4-12-30-52)53-44-42-50(43-45-53)67-60-37-17-16-35-59(60)66-63(67)40-21-41-64(66)68-61-38-18-15-34-58(61)65-57(36-20-39-62(65)68)56-33-14-13-32-55(56)48-24-7-2-8-25-48/h1-46H. The third kappa shape index (κ3) is 6.58. The lowest BCUT2D eigenvalue weighted by molar-refractivity contribution is 1.15. The molecular formula is C66H46N2S. The summed E-state index contributed by atoms with van der Waals surface area (Å²) in [7, 11) is -1.95. The topological polar surface area (TPSA) is 9.86 Å². The van der Waals surface area contributed by atoms with Gasteiger partial charge in [-0.15, -0.1) is 10.0 Å². The summed E-state index contributed by atoms with van der Waals surface area (Å²) in [5.41, 5.74) is 14.3. The minimum Gasteiger partial charge on any atom is -0.309 e. The number of hydrogen-bond donors (Lipinski definition) is 0. The van der Waals surface area contributed by atoms with E-state index in [-0.39, 0.29) is 0 Å². The van der Waals surface area contributed by atoms with E-state index in [2.05, 4.69) is 288 Å². The molecule has 0 fully saturated rings. The second-order valence-corrected chi connectivity index (χ2v) is 20.7. The van der Waals surface area contributed by atoms with Gasteiger partial charge in [0.25, 0.3) is 0 Å². The summed E-state index contributed by atoms with van der Waals surface area (Å²) in [4.78, 5) is 5.18. The molecule has 0 unspecified atom stereocenters. The average Bonchev–Trinajstić information content (AvgIpc) is 3.96. The van der Waals surface area contributed by atoms with Crippen LogP contribution in [0.5, 0.6) is 0 Å². The molecule has 0 radical (unpaired) electrons. The van der Waals surface area contributed by atoms with Gasteiger partial charge in [-0.3, -0.25) is 0 Å². The molecule has 13 rings (SSSR count). The van der Waals surface area contributed by atoms with Gasteiger partial charge in [0.05, 0.1) is 27.8 Å². The highest BCUT2D eigenvalue weighted by molar-refractivity contribution is 8.34. The Hall–Kier alpha value is -8.63. The van der Waals surface area contributed by atoms with E-state index in [0.29, 0.717) is 0 Å². The SMILES string of the molecule is c1ccc(-c2cccc(S(c3ccccc3)(c3ccccc3)c3ccc(-n4c5ccccc5c5c(-n6c7ccccc7c7c(-c8ccccc8-c8ccccc8)cccc76)cccc54)cc3)c2)cc1. The molecule has 69 heavy (non-hydrogen) atoms. The van der Waals surface area contributed by atoms with Gasteiger partial charge >= 0.3 is 0 Å². The fourth-order valence-corrected chi connectivity index (χ4v) is 14.8. The molecule has 0 atom stereocenters. The third-order valence-electron chi connectivity index (χ3n) is 13.9. The molecule has 0 aliphatic carbocycles. The quantitative estimate of drug-likeness (QED) is 0.137. The van der Waals surface area contributed by atoms with Crippen LogP contribution < -0.4 is 0 Å². The molecule has 0 aliphatic heterocycles. The number of para-hydroxylation sites is 2. The normalized spacial score (nSPS) is 12.0. The van der Waals surface area contributed by atoms with Gasteiger partial charge in [-0.1, -0.05) is 188 Å². The van der Waals surface area contributed by atoms with Gasteiger partial charge in [0.15, 0.2) is 0 Å². The van der Waals surface area contributed by atoms with Crippen LogP contribution in [0.3, 0.4) is 0 Å². The molecule has 0 N–H and O–H groups in total. The van der Waals surface area contributed by atoms with Crippen molar-refractivity contribution < 1.29 is 0 Å². The van der Waals surface area contributed by atoms with Gasteiger partial charge < -0.3 is 9.13 Å². The Morgan fingerprint density at radius 3 is 1.35 bits per heavy atom. The molecule has 0 spiro atoms. The van der Waals surface area contributed by atoms with Gasteiger partial charge in [-0.25, -0.2) is 0 Å². The van der Waals surface area contributed by atoms with Crippen LogP contribution in [0.2, 0.25) is 0 Å². The first-order chi connectivity index (χ1) is 34.3. The highest BCUT2D eigenvalue weighted by atomic mass is 32.3. The van der Waals surface area contributed by atoms with Crippen LogP contribution in [0, 0.1) is 0 Å². The molecule has 3 heteroatoms. The van der Waals surface area contributed by atoms with Crippen LogP contribution in [0.15, 0.2) is 299 Å². The minimum absolute atomic E-state index is 1.12. The molecule has 0 amide bonds. The van der Waals surface area contributed by atoms with Gasteiger partial charge in [-0.05, 0) is 124 Å². The first-order valence-electron chi connectivity index (χ1n) is 23.7. The number of rotatable bonds is 9. The van der Waals surface area contributed by atoms with Crippen LogP contribution in [0.4, 0.5) is 0 Å². The minimum atomic E-state index is -1.95. The summed E-state index contributed by atoms with van der Waals surface area (Å²) in [5.74, 6) is 0. The van der Waals surface area contributed by atoms with E-state index in [1.54, 1.807) is 0 Å². The first kappa shape index (κ1) is 40.6. The highest BCUT2D eigenvalue weighted by Crippen LogP contribution is 2.73. The van der Waals surface area contributed by atoms with Gasteiger partial charge in [0.1, 0.15) is 0 Å². The first-order valence-corrected chi connectivity index (χ1v) is 25.3. The number of hydrogen-bond acceptors (Lipinski definition) is 0. The van der Waals surface area contributed by atoms with Crippen LogP contribution in [0.1, 0.15) is 0 Å². The van der Waals surface area contributed by atoms with Crippen molar-refractivity contribution in [3.05, 3.63) is 279 Å². The van der Waals surface area contributed by atoms with E-state index < -0.39 is 10.0 Å². The molecule has 0 saturated heterocycles. The Morgan fingerprint density at radius 1 is 0.246 bits per heavy atom. The molecular weight excluding hydrogens is 853 g/mol. The smallest absolute Gasteiger partial charge is 0.0562 e. The Balaban J connectivity index is 1.02. The van der Waals surface area contributed by atoms with Gasteiger partial charge in [-0.2, -0.15) is 0 Å². The van der Waals surface area contributed by atoms with Crippen LogP contribution in [-0.4, -0.2) is 9.13 Å². The summed E-state index contributed by atoms with van der Waals surface area (Å²) >= 11 is 0. The summed E-state index contributed by atoms with van der Waals surface area (Å²) in [5, 5.41) is 4.93. The van der Waals surface area contributed by atoms with Crippen LogP contribution in [-0.2, 0) is 0 Å². The van der Waals surface area contributed by atoms with Crippen molar-refractivity contribution >= 4 is 53.6 Å². The average molecular weight is 899 g/mol. The van der Waals surface area contributed by atoms with E-state index >= 15 is 0 Å². The molecule has 0 aliphatic rings. The van der Waals surface area contributed by atoms with E-state index in [0.717, 1.165) is 11.4 Å². The lowest BCUT2D eigenvalue weighted by atomic mass is 9.92. The number of nitrogens with zero attached hydrogens (tertiary/aromatic N) is 2. The monoisotopic (exact) mass is 898 g/mol. The fraction of sp³-hybridized carbons (Fsp3) is 0. The number of fused-ring (bicyclic) bond motifs is 6. The van der Waals surface area contributed by atoms with Gasteiger partial charge in [0, 0.05) is 46.8 Å². The summed E-state index contributed by atoms with van der Waals surface area (Å²) in [6, 6.07) is 103. The van der Waals surface area contributed by atoms with Crippen molar-refractivity contribution in [2.75, 3.05) is 0 Å². The lowest BCUT2D eigenvalue weighted by Crippen LogP contribution is -2.06. The maximum Gasteiger partial charge on any atom is 0.0562 e. The summed E-state index contributed by atoms with van der Waals surface area (Å²) in [6.45, 7) is 0. The predicted octanol–water partition coefficient (Wildman–Crippen LogP) is 18.2. The van der Waals surface area contributed by atoms with Crippen LogP contribution >= 0.6 is 10.0 Å². The summed E-state index contributed by atoms with van der Waals surface area (Å²) < 4.78 is 4.97. The van der Waals surface area contributed by atoms with Gasteiger partial charge in [0.2, 0.25) is 0 Å². The molecule has 0 saturated carbocycles. The molecule has 2 heterocycles. The maximum atomic E-state index is 2.50. The molecule has 11 aromatic carbocycles. The van der Waals surface area contributed by atoms with Crippen LogP contribution in [0.25, 0.3) is 88.4 Å². The zero-order valence-corrected chi connectivity index (χ0v) is 38.7. The molecule has 13 aromatic rings. The number of aromatic nitrogens is 2. The Kier molecular flexibility index (Phi) is 9.96. The van der Waals surface area contributed by atoms with E-state index in [1.165, 1.54) is 96.6 Å². The van der Waals surface area contributed by atoms with E-state index in [1.807, 2.05) is 0 Å². The molecule has 0 bridgehead atoms. The zero-order valence-electron chi connectivity index (χ0n) is 37.9. The van der Waals surface area contributed by atoms with Crippen molar-refractivity contribution in [3.63, 3.8) is 0 Å². The fourth-order valence-electron chi connectivity index (χ4n) is 10.9. The summed E-state index contributed by atoms with van der Waals surface area (Å²) in [6.07, 6.45) is 0. The largest absolute Gasteiger partial charge is 0.309 e. The van der Waals surface area contributed by atoms with Crippen molar-refractivity contribution in [2.45, 2.75) is 19.6 Å². The Morgan fingerprint density at radius 2 is 0.681 bits per heavy atom. The lowest BCUT2D eigenvalue weighted by Gasteiger charge is -2.42. The second-order valence-electron chi connectivity index (χ2n) is 17.6. The Bertz CT molecular complexity index is 3940. The predicted molar refractivity (Wildman–Crippen MR) is 291 cm³/mol. The highest BCUT2D eigenvalue weighted by Gasteiger charge is 2.34. The van der Waals surface area contributed by atoms with Crippen molar-refractivity contribution in [1.82, 2.24) is 9.13 Å². The van der Waals surface area contributed by atoms with E-state index in [9.17, 15) is 0 Å². The second kappa shape index (κ2) is 16.9. The molecule has 326 valence electrons. The zero-order chi connectivity index (χ0) is 45.7. The molecule has 2 nitrogen and oxygen atoms in total. The third-order valence-corrected chi connectivity index (χ3v) is 17.8. The number of benzene rings is 11. The van der Waals surface area contributed by atoms with E-state index in [4.69, 9.17) is 0 Å². The maximum absolute atomic E-state index is 2.50. The van der Waals surface area contributed by atoms with Crippen molar-refractivity contribution in [2.24, 2.45) is 0 Å². The van der Waals surface area contributed by atoms with Crippen molar-refractivity contribution in [3.8, 4) is 44.8 Å².